The van der Waals surface area contributed by atoms with Crippen LogP contribution in [0.1, 0.15) is 44.9 Å². The molecule has 0 aromatic rings. The van der Waals surface area contributed by atoms with E-state index in [-0.39, 0.29) is 12.4 Å². The average Bonchev–Trinajstić information content (AvgIpc) is 2.96. The summed E-state index contributed by atoms with van der Waals surface area (Å²) in [5.74, 6) is 0.384. The van der Waals surface area contributed by atoms with Crippen molar-refractivity contribution in [1.29, 1.82) is 0 Å². The van der Waals surface area contributed by atoms with E-state index < -0.39 is 0 Å². The molecule has 2 bridgehead atoms. The first kappa shape index (κ1) is 16.1. The number of likely N-dealkylation sites (N-methyl/N-ethyl adjacent to an activating group) is 1. The Bertz CT molecular complexity index is 333. The topological polar surface area (TPSA) is 35.6 Å². The van der Waals surface area contributed by atoms with Gasteiger partial charge in [-0.2, -0.15) is 0 Å². The number of nitrogens with one attached hydrogen (secondary N) is 1. The van der Waals surface area contributed by atoms with Gasteiger partial charge < -0.3 is 10.2 Å². The summed E-state index contributed by atoms with van der Waals surface area (Å²) >= 11 is 0. The van der Waals surface area contributed by atoms with Crippen LogP contribution in [0.2, 0.25) is 0 Å². The van der Waals surface area contributed by atoms with E-state index in [1.54, 1.807) is 0 Å². The first-order valence-corrected chi connectivity index (χ1v) is 7.97. The molecule has 0 saturated carbocycles. The minimum atomic E-state index is 0. The molecule has 3 heterocycles. The Morgan fingerprint density at radius 3 is 2.75 bits per heavy atom. The Morgan fingerprint density at radius 2 is 2.00 bits per heavy atom. The number of amides is 1. The SMILES string of the molecule is CN1C2CCC1CN(C(=O)CCC1CCCN1)CC2.Cl. The van der Waals surface area contributed by atoms with Gasteiger partial charge in [0.15, 0.2) is 0 Å². The molecule has 1 amide bonds. The molecule has 3 unspecified atom stereocenters. The van der Waals surface area contributed by atoms with Crippen LogP contribution in [0.4, 0.5) is 0 Å². The van der Waals surface area contributed by atoms with Gasteiger partial charge in [0.05, 0.1) is 0 Å². The third kappa shape index (κ3) is 3.46. The van der Waals surface area contributed by atoms with Gasteiger partial charge in [-0.05, 0) is 52.1 Å². The van der Waals surface area contributed by atoms with Crippen LogP contribution in [0.5, 0.6) is 0 Å². The molecular formula is C15H28ClN3O. The molecule has 3 saturated heterocycles. The fraction of sp³-hybridized carbons (Fsp3) is 0.933. The predicted molar refractivity (Wildman–Crippen MR) is 83.3 cm³/mol. The van der Waals surface area contributed by atoms with E-state index >= 15 is 0 Å². The van der Waals surface area contributed by atoms with E-state index in [1.807, 2.05) is 0 Å². The standard InChI is InChI=1S/C15H27N3O.ClH/c1-17-13-5-6-14(17)11-18(10-8-13)15(19)7-4-12-3-2-9-16-12;/h12-14,16H,2-11H2,1H3;1H. The molecule has 0 aromatic carbocycles. The van der Waals surface area contributed by atoms with Crippen molar-refractivity contribution in [2.75, 3.05) is 26.7 Å². The molecule has 3 aliphatic heterocycles. The molecule has 116 valence electrons. The van der Waals surface area contributed by atoms with Gasteiger partial charge in [-0.3, -0.25) is 9.69 Å². The second-order valence-electron chi connectivity index (χ2n) is 6.51. The normalized spacial score (nSPS) is 33.9. The maximum absolute atomic E-state index is 12.4. The highest BCUT2D eigenvalue weighted by molar-refractivity contribution is 5.85. The highest BCUT2D eigenvalue weighted by Crippen LogP contribution is 2.28. The van der Waals surface area contributed by atoms with Crippen molar-refractivity contribution in [1.82, 2.24) is 15.1 Å². The van der Waals surface area contributed by atoms with Gasteiger partial charge in [0.25, 0.3) is 0 Å². The van der Waals surface area contributed by atoms with E-state index in [2.05, 4.69) is 22.2 Å². The van der Waals surface area contributed by atoms with Crippen LogP contribution in [0.3, 0.4) is 0 Å². The monoisotopic (exact) mass is 301 g/mol. The van der Waals surface area contributed by atoms with Crippen molar-refractivity contribution in [3.63, 3.8) is 0 Å². The Kier molecular flexibility index (Phi) is 5.70. The Hall–Kier alpha value is -0.320. The first-order valence-electron chi connectivity index (χ1n) is 7.97. The summed E-state index contributed by atoms with van der Waals surface area (Å²) in [7, 11) is 2.23. The summed E-state index contributed by atoms with van der Waals surface area (Å²) in [5, 5.41) is 3.48. The number of hydrogen-bond donors (Lipinski definition) is 1. The number of nitrogens with zero attached hydrogens (tertiary/aromatic N) is 2. The van der Waals surface area contributed by atoms with Crippen LogP contribution < -0.4 is 5.32 Å². The number of rotatable bonds is 3. The largest absolute Gasteiger partial charge is 0.341 e. The summed E-state index contributed by atoms with van der Waals surface area (Å²) in [5.41, 5.74) is 0. The third-order valence-corrected chi connectivity index (χ3v) is 5.37. The molecule has 0 aromatic heterocycles. The van der Waals surface area contributed by atoms with Crippen LogP contribution in [0, 0.1) is 0 Å². The van der Waals surface area contributed by atoms with E-state index in [4.69, 9.17) is 0 Å². The van der Waals surface area contributed by atoms with E-state index in [0.29, 0.717) is 18.0 Å². The molecule has 3 rings (SSSR count). The van der Waals surface area contributed by atoms with Gasteiger partial charge in [0, 0.05) is 37.6 Å². The van der Waals surface area contributed by atoms with E-state index in [9.17, 15) is 4.79 Å². The zero-order chi connectivity index (χ0) is 13.2. The number of carbonyl (C=O) groups excluding carboxylic acids is 1. The van der Waals surface area contributed by atoms with Gasteiger partial charge >= 0.3 is 0 Å². The summed E-state index contributed by atoms with van der Waals surface area (Å²) in [6.45, 7) is 3.07. The quantitative estimate of drug-likeness (QED) is 0.861. The van der Waals surface area contributed by atoms with Crippen LogP contribution >= 0.6 is 12.4 Å². The Labute approximate surface area is 128 Å². The molecule has 1 N–H and O–H groups in total. The van der Waals surface area contributed by atoms with Gasteiger partial charge in [-0.1, -0.05) is 0 Å². The van der Waals surface area contributed by atoms with Crippen LogP contribution in [0.25, 0.3) is 0 Å². The van der Waals surface area contributed by atoms with Crippen molar-refractivity contribution in [3.05, 3.63) is 0 Å². The first-order chi connectivity index (χ1) is 9.24. The maximum atomic E-state index is 12.4. The lowest BCUT2D eigenvalue weighted by atomic mass is 10.1. The summed E-state index contributed by atoms with van der Waals surface area (Å²) in [4.78, 5) is 17.0. The molecule has 0 radical (unpaired) electrons. The Morgan fingerprint density at radius 1 is 1.20 bits per heavy atom. The molecule has 0 spiro atoms. The second-order valence-corrected chi connectivity index (χ2v) is 6.51. The van der Waals surface area contributed by atoms with Crippen LogP contribution in [0.15, 0.2) is 0 Å². The number of carbonyl (C=O) groups is 1. The highest BCUT2D eigenvalue weighted by atomic mass is 35.5. The second kappa shape index (κ2) is 7.10. The molecule has 0 aliphatic carbocycles. The van der Waals surface area contributed by atoms with Crippen molar-refractivity contribution in [2.24, 2.45) is 0 Å². The molecule has 3 atom stereocenters. The fourth-order valence-corrected chi connectivity index (χ4v) is 3.99. The molecule has 5 heteroatoms. The molecule has 4 nitrogen and oxygen atoms in total. The zero-order valence-corrected chi connectivity index (χ0v) is 13.3. The maximum Gasteiger partial charge on any atom is 0.222 e. The van der Waals surface area contributed by atoms with E-state index in [0.717, 1.165) is 38.5 Å². The van der Waals surface area contributed by atoms with Gasteiger partial charge in [0.2, 0.25) is 5.91 Å². The van der Waals surface area contributed by atoms with E-state index in [1.165, 1.54) is 32.1 Å². The zero-order valence-electron chi connectivity index (χ0n) is 12.5. The molecule has 3 fully saturated rings. The number of halogens is 1. The lowest BCUT2D eigenvalue weighted by molar-refractivity contribution is -0.131. The average molecular weight is 302 g/mol. The van der Waals surface area contributed by atoms with Gasteiger partial charge in [0.1, 0.15) is 0 Å². The minimum Gasteiger partial charge on any atom is -0.341 e. The molecular weight excluding hydrogens is 274 g/mol. The predicted octanol–water partition coefficient (Wildman–Crippen LogP) is 1.64. The summed E-state index contributed by atoms with van der Waals surface area (Å²) in [6, 6.07) is 1.93. The van der Waals surface area contributed by atoms with Crippen molar-refractivity contribution in [3.8, 4) is 0 Å². The molecule has 3 aliphatic rings. The lowest BCUT2D eigenvalue weighted by Gasteiger charge is -2.26. The van der Waals surface area contributed by atoms with Gasteiger partial charge in [-0.15, -0.1) is 12.4 Å². The summed E-state index contributed by atoms with van der Waals surface area (Å²) in [6.07, 6.45) is 8.06. The smallest absolute Gasteiger partial charge is 0.222 e. The van der Waals surface area contributed by atoms with Crippen molar-refractivity contribution >= 4 is 18.3 Å². The van der Waals surface area contributed by atoms with Crippen LogP contribution in [-0.4, -0.2) is 60.5 Å². The Balaban J connectivity index is 0.00000147. The number of likely N-dealkylation sites (tertiary alicyclic amines) is 1. The van der Waals surface area contributed by atoms with Gasteiger partial charge in [-0.25, -0.2) is 0 Å². The third-order valence-electron chi connectivity index (χ3n) is 5.37. The van der Waals surface area contributed by atoms with Crippen molar-refractivity contribution < 1.29 is 4.79 Å². The lowest BCUT2D eigenvalue weighted by Crippen LogP contribution is -2.40. The molecule has 20 heavy (non-hydrogen) atoms. The van der Waals surface area contributed by atoms with Crippen molar-refractivity contribution in [2.45, 2.75) is 63.1 Å². The fourth-order valence-electron chi connectivity index (χ4n) is 3.99. The summed E-state index contributed by atoms with van der Waals surface area (Å²) < 4.78 is 0. The number of hydrogen-bond acceptors (Lipinski definition) is 3. The minimum absolute atomic E-state index is 0. The number of fused-ring (bicyclic) bond motifs is 2. The highest BCUT2D eigenvalue weighted by Gasteiger charge is 2.35. The van der Waals surface area contributed by atoms with Crippen LogP contribution in [-0.2, 0) is 4.79 Å².